The average molecular weight is 532 g/mol. The van der Waals surface area contributed by atoms with Crippen LogP contribution in [0.2, 0.25) is 0 Å². The van der Waals surface area contributed by atoms with Crippen molar-refractivity contribution < 1.29 is 9.84 Å². The third-order valence-corrected chi connectivity index (χ3v) is 7.82. The highest BCUT2D eigenvalue weighted by molar-refractivity contribution is 5.86. The van der Waals surface area contributed by atoms with Crippen LogP contribution in [-0.4, -0.2) is 54.9 Å². The number of halogens is 2. The van der Waals surface area contributed by atoms with E-state index < -0.39 is 5.60 Å². The molecule has 2 N–H and O–H groups in total. The zero-order chi connectivity index (χ0) is 23.2. The second-order valence-electron chi connectivity index (χ2n) is 10.1. The molecule has 1 unspecified atom stereocenters. The number of piperazine rings is 1. The maximum Gasteiger partial charge on any atom is 0.119 e. The Morgan fingerprint density at radius 3 is 2.31 bits per heavy atom. The van der Waals surface area contributed by atoms with E-state index >= 15 is 0 Å². The van der Waals surface area contributed by atoms with Gasteiger partial charge in [-0.15, -0.1) is 24.8 Å². The van der Waals surface area contributed by atoms with Gasteiger partial charge in [0.15, 0.2) is 0 Å². The summed E-state index contributed by atoms with van der Waals surface area (Å²) in [6.45, 7) is 5.77. The molecule has 0 bridgehead atoms. The number of hydrogen-bond acceptors (Lipinski definition) is 4. The van der Waals surface area contributed by atoms with Crippen LogP contribution in [0, 0.1) is 0 Å². The number of fused-ring (bicyclic) bond motifs is 1. The predicted octanol–water partition coefficient (Wildman–Crippen LogP) is 5.99. The van der Waals surface area contributed by atoms with Gasteiger partial charge in [-0.3, -0.25) is 0 Å². The molecule has 1 aliphatic carbocycles. The highest BCUT2D eigenvalue weighted by Gasteiger charge is 2.39. The maximum absolute atomic E-state index is 11.7. The molecule has 4 nitrogen and oxygen atoms in total. The lowest BCUT2D eigenvalue weighted by Crippen LogP contribution is -2.49. The second kappa shape index (κ2) is 13.6. The van der Waals surface area contributed by atoms with E-state index in [9.17, 15) is 5.11 Å². The van der Waals surface area contributed by atoms with Crippen LogP contribution in [0.1, 0.15) is 49.1 Å². The van der Waals surface area contributed by atoms with Crippen molar-refractivity contribution in [3.8, 4) is 5.75 Å². The molecule has 3 aromatic rings. The fourth-order valence-corrected chi connectivity index (χ4v) is 5.84. The Morgan fingerprint density at radius 2 is 1.56 bits per heavy atom. The Bertz CT molecular complexity index is 1060. The monoisotopic (exact) mass is 530 g/mol. The molecule has 0 aromatic heterocycles. The van der Waals surface area contributed by atoms with E-state index in [2.05, 4.69) is 76.9 Å². The van der Waals surface area contributed by atoms with Crippen LogP contribution in [0.5, 0.6) is 5.75 Å². The molecule has 0 amide bonds. The van der Waals surface area contributed by atoms with Crippen molar-refractivity contribution in [1.29, 1.82) is 0 Å². The molecule has 0 spiro atoms. The first-order chi connectivity index (χ1) is 16.7. The number of nitrogens with zero attached hydrogens (tertiary/aromatic N) is 1. The van der Waals surface area contributed by atoms with Gasteiger partial charge in [0.2, 0.25) is 0 Å². The molecule has 6 heteroatoms. The Kier molecular flexibility index (Phi) is 10.9. The average Bonchev–Trinajstić information content (AvgIpc) is 2.89. The third kappa shape index (κ3) is 6.93. The molecule has 1 saturated heterocycles. The molecular weight excluding hydrogens is 491 g/mol. The van der Waals surface area contributed by atoms with Gasteiger partial charge in [0.1, 0.15) is 5.75 Å². The summed E-state index contributed by atoms with van der Waals surface area (Å²) in [4.78, 5) is 2.52. The highest BCUT2D eigenvalue weighted by Crippen LogP contribution is 2.41. The smallest absolute Gasteiger partial charge is 0.119 e. The molecule has 2 aliphatic rings. The molecule has 36 heavy (non-hydrogen) atoms. The van der Waals surface area contributed by atoms with Gasteiger partial charge in [0.05, 0.1) is 12.2 Å². The molecule has 1 saturated carbocycles. The summed E-state index contributed by atoms with van der Waals surface area (Å²) in [5.41, 5.74) is 1.97. The minimum absolute atomic E-state index is 0. The Morgan fingerprint density at radius 1 is 0.861 bits per heavy atom. The van der Waals surface area contributed by atoms with Crippen molar-refractivity contribution in [2.75, 3.05) is 39.3 Å². The van der Waals surface area contributed by atoms with E-state index in [1.807, 2.05) is 0 Å². The Balaban J connectivity index is 0.00000180. The van der Waals surface area contributed by atoms with Crippen molar-refractivity contribution in [1.82, 2.24) is 10.2 Å². The highest BCUT2D eigenvalue weighted by atomic mass is 35.5. The minimum atomic E-state index is -0.597. The quantitative estimate of drug-likeness (QED) is 0.375. The summed E-state index contributed by atoms with van der Waals surface area (Å²) in [6.07, 6.45) is 6.20. The van der Waals surface area contributed by atoms with Crippen LogP contribution in [0.25, 0.3) is 10.8 Å². The van der Waals surface area contributed by atoms with E-state index in [1.54, 1.807) is 0 Å². The summed E-state index contributed by atoms with van der Waals surface area (Å²) in [6, 6.07) is 23.6. The third-order valence-electron chi connectivity index (χ3n) is 7.82. The van der Waals surface area contributed by atoms with E-state index in [0.29, 0.717) is 6.61 Å². The van der Waals surface area contributed by atoms with Crippen molar-refractivity contribution in [2.45, 2.75) is 50.0 Å². The van der Waals surface area contributed by atoms with Gasteiger partial charge in [0, 0.05) is 45.1 Å². The van der Waals surface area contributed by atoms with E-state index in [1.165, 1.54) is 28.3 Å². The van der Waals surface area contributed by atoms with Gasteiger partial charge >= 0.3 is 0 Å². The molecular formula is C30H40Cl2N2O2. The van der Waals surface area contributed by atoms with Crippen molar-refractivity contribution in [2.24, 2.45) is 0 Å². The summed E-state index contributed by atoms with van der Waals surface area (Å²) >= 11 is 0. The molecule has 2 fully saturated rings. The number of rotatable bonds is 8. The molecule has 1 aliphatic heterocycles. The zero-order valence-corrected chi connectivity index (χ0v) is 22.7. The van der Waals surface area contributed by atoms with Crippen molar-refractivity contribution >= 4 is 35.6 Å². The SMILES string of the molecule is Cl.Cl.OC1(C(CN2CCNCC2)c2ccc(OCCc3cccc4ccccc34)cc2)CCCCC1. The van der Waals surface area contributed by atoms with Crippen LogP contribution < -0.4 is 10.1 Å². The number of ether oxygens (including phenoxy) is 1. The van der Waals surface area contributed by atoms with Gasteiger partial charge in [-0.2, -0.15) is 0 Å². The predicted molar refractivity (Wildman–Crippen MR) is 154 cm³/mol. The lowest BCUT2D eigenvalue weighted by Gasteiger charge is -2.42. The lowest BCUT2D eigenvalue weighted by atomic mass is 9.72. The standard InChI is InChI=1S/C30H38N2O2.2ClH/c33-30(16-4-1-5-17-30)29(23-32-20-18-31-19-21-32)26-11-13-27(14-12-26)34-22-15-25-9-6-8-24-7-2-3-10-28(24)25;;/h2-3,6-14,29,31,33H,1,4-5,15-23H2;2*1H. The topological polar surface area (TPSA) is 44.7 Å². The first kappa shape index (κ1) is 28.7. The fraction of sp³-hybridized carbons (Fsp3) is 0.467. The van der Waals surface area contributed by atoms with Crippen molar-refractivity contribution in [3.63, 3.8) is 0 Å². The Hall–Kier alpha value is -1.82. The van der Waals surface area contributed by atoms with Crippen LogP contribution >= 0.6 is 24.8 Å². The number of nitrogens with one attached hydrogen (secondary N) is 1. The van der Waals surface area contributed by atoms with Crippen LogP contribution in [-0.2, 0) is 6.42 Å². The molecule has 0 radical (unpaired) electrons. The number of aliphatic hydroxyl groups is 1. The second-order valence-corrected chi connectivity index (χ2v) is 10.1. The molecule has 1 heterocycles. The van der Waals surface area contributed by atoms with Crippen LogP contribution in [0.15, 0.2) is 66.7 Å². The van der Waals surface area contributed by atoms with Gasteiger partial charge in [0.25, 0.3) is 0 Å². The van der Waals surface area contributed by atoms with Gasteiger partial charge in [-0.05, 0) is 46.9 Å². The normalized spacial score (nSPS) is 18.6. The lowest BCUT2D eigenvalue weighted by molar-refractivity contribution is -0.0316. The number of benzene rings is 3. The first-order valence-electron chi connectivity index (χ1n) is 13.1. The number of hydrogen-bond donors (Lipinski definition) is 2. The summed E-state index contributed by atoms with van der Waals surface area (Å²) in [5.74, 6) is 1.05. The Labute approximate surface area is 228 Å². The summed E-state index contributed by atoms with van der Waals surface area (Å²) in [5, 5.41) is 17.7. The minimum Gasteiger partial charge on any atom is -0.493 e. The molecule has 3 aromatic carbocycles. The molecule has 1 atom stereocenters. The molecule has 196 valence electrons. The van der Waals surface area contributed by atoms with E-state index in [0.717, 1.165) is 70.6 Å². The first-order valence-corrected chi connectivity index (χ1v) is 13.1. The van der Waals surface area contributed by atoms with Gasteiger partial charge < -0.3 is 20.1 Å². The largest absolute Gasteiger partial charge is 0.493 e. The van der Waals surface area contributed by atoms with E-state index in [-0.39, 0.29) is 30.7 Å². The van der Waals surface area contributed by atoms with Gasteiger partial charge in [-0.25, -0.2) is 0 Å². The zero-order valence-electron chi connectivity index (χ0n) is 21.0. The van der Waals surface area contributed by atoms with Crippen LogP contribution in [0.4, 0.5) is 0 Å². The molecule has 5 rings (SSSR count). The van der Waals surface area contributed by atoms with E-state index in [4.69, 9.17) is 4.74 Å². The maximum atomic E-state index is 11.7. The fourth-order valence-electron chi connectivity index (χ4n) is 5.84. The van der Waals surface area contributed by atoms with Gasteiger partial charge in [-0.1, -0.05) is 73.9 Å². The van der Waals surface area contributed by atoms with Crippen LogP contribution in [0.3, 0.4) is 0 Å². The van der Waals surface area contributed by atoms with Crippen molar-refractivity contribution in [3.05, 3.63) is 77.9 Å². The summed E-state index contributed by atoms with van der Waals surface area (Å²) < 4.78 is 6.13. The summed E-state index contributed by atoms with van der Waals surface area (Å²) in [7, 11) is 0.